The summed E-state index contributed by atoms with van der Waals surface area (Å²) in [4.78, 5) is 24.4. The molecule has 6 nitrogen and oxygen atoms in total. The number of hydrogen-bond acceptors (Lipinski definition) is 4. The maximum atomic E-state index is 12.2. The van der Waals surface area contributed by atoms with Crippen LogP contribution in [0.1, 0.15) is 53.4 Å². The Morgan fingerprint density at radius 1 is 1.06 bits per heavy atom. The van der Waals surface area contributed by atoms with Gasteiger partial charge >= 0.3 is 5.97 Å². The fraction of sp³-hybridized carbons (Fsp3) is 0.296. The highest BCUT2D eigenvalue weighted by Crippen LogP contribution is 2.23. The van der Waals surface area contributed by atoms with Crippen molar-refractivity contribution in [3.8, 4) is 0 Å². The fourth-order valence-electron chi connectivity index (χ4n) is 3.61. The van der Waals surface area contributed by atoms with Crippen molar-refractivity contribution in [2.75, 3.05) is 11.9 Å². The van der Waals surface area contributed by atoms with Crippen molar-refractivity contribution in [1.29, 1.82) is 0 Å². The molecule has 1 amide bonds. The zero-order valence-corrected chi connectivity index (χ0v) is 19.9. The summed E-state index contributed by atoms with van der Waals surface area (Å²) < 4.78 is 7.05. The van der Waals surface area contributed by atoms with Crippen LogP contribution in [0.4, 0.5) is 5.69 Å². The molecule has 0 spiro atoms. The Hall–Kier alpha value is -3.67. The molecule has 0 aliphatic carbocycles. The number of ether oxygens (including phenoxy) is 1. The Kier molecular flexibility index (Phi) is 7.83. The monoisotopic (exact) mass is 445 g/mol. The highest BCUT2D eigenvalue weighted by molar-refractivity contribution is 5.95. The number of rotatable bonds is 8. The lowest BCUT2D eigenvalue weighted by Gasteiger charge is -2.13. The van der Waals surface area contributed by atoms with E-state index in [0.29, 0.717) is 6.54 Å². The number of amides is 1. The highest BCUT2D eigenvalue weighted by atomic mass is 16.5. The zero-order chi connectivity index (χ0) is 24.0. The summed E-state index contributed by atoms with van der Waals surface area (Å²) in [5.74, 6) is -0.680. The van der Waals surface area contributed by atoms with Crippen molar-refractivity contribution in [1.82, 2.24) is 9.78 Å². The quantitative estimate of drug-likeness (QED) is 0.383. The first-order chi connectivity index (χ1) is 15.7. The molecule has 0 radical (unpaired) electrons. The molecule has 1 N–H and O–H groups in total. The van der Waals surface area contributed by atoms with Crippen LogP contribution in [0.15, 0.2) is 54.6 Å². The van der Waals surface area contributed by atoms with Gasteiger partial charge in [-0.2, -0.15) is 5.10 Å². The van der Waals surface area contributed by atoms with E-state index in [1.165, 1.54) is 11.6 Å². The summed E-state index contributed by atoms with van der Waals surface area (Å²) in [6.07, 6.45) is 3.03. The third kappa shape index (κ3) is 6.42. The first kappa shape index (κ1) is 24.0. The summed E-state index contributed by atoms with van der Waals surface area (Å²) in [7, 11) is 0. The van der Waals surface area contributed by atoms with Crippen LogP contribution in [0.2, 0.25) is 0 Å². The Morgan fingerprint density at radius 2 is 1.76 bits per heavy atom. The Bertz CT molecular complexity index is 1160. The predicted molar refractivity (Wildman–Crippen MR) is 131 cm³/mol. The van der Waals surface area contributed by atoms with Gasteiger partial charge in [-0.15, -0.1) is 0 Å². The molecule has 6 heteroatoms. The first-order valence-corrected chi connectivity index (χ1v) is 11.1. The third-order valence-electron chi connectivity index (χ3n) is 5.48. The number of benzene rings is 2. The van der Waals surface area contributed by atoms with Crippen molar-refractivity contribution in [3.05, 3.63) is 88.2 Å². The second-order valence-corrected chi connectivity index (χ2v) is 8.46. The van der Waals surface area contributed by atoms with Gasteiger partial charge in [0.15, 0.2) is 6.61 Å². The van der Waals surface area contributed by atoms with E-state index in [1.807, 2.05) is 42.8 Å². The number of nitrogens with zero attached hydrogens (tertiary/aromatic N) is 2. The van der Waals surface area contributed by atoms with Crippen LogP contribution in [0, 0.1) is 20.8 Å². The molecule has 0 fully saturated rings. The number of para-hydroxylation sites is 1. The second kappa shape index (κ2) is 10.8. The molecule has 1 aromatic heterocycles. The lowest BCUT2D eigenvalue weighted by molar-refractivity contribution is -0.142. The lowest BCUT2D eigenvalue weighted by Crippen LogP contribution is -2.21. The summed E-state index contributed by atoms with van der Waals surface area (Å²) in [5.41, 5.74) is 6.79. The maximum absolute atomic E-state index is 12.2. The van der Waals surface area contributed by atoms with Crippen LogP contribution < -0.4 is 5.32 Å². The largest absolute Gasteiger partial charge is 0.452 e. The lowest BCUT2D eigenvalue weighted by atomic mass is 10.0. The zero-order valence-electron chi connectivity index (χ0n) is 19.9. The number of aromatic nitrogens is 2. The van der Waals surface area contributed by atoms with Crippen LogP contribution in [-0.2, 0) is 20.9 Å². The van der Waals surface area contributed by atoms with Gasteiger partial charge in [0.25, 0.3) is 5.91 Å². The van der Waals surface area contributed by atoms with Gasteiger partial charge in [0.2, 0.25) is 0 Å². The molecule has 0 aliphatic rings. The van der Waals surface area contributed by atoms with Crippen LogP contribution in [-0.4, -0.2) is 28.3 Å². The number of anilines is 1. The maximum Gasteiger partial charge on any atom is 0.331 e. The molecule has 0 saturated heterocycles. The molecular weight excluding hydrogens is 414 g/mol. The number of aryl methyl sites for hydroxylation is 2. The third-order valence-corrected chi connectivity index (χ3v) is 5.48. The van der Waals surface area contributed by atoms with E-state index >= 15 is 0 Å². The van der Waals surface area contributed by atoms with Gasteiger partial charge in [0.1, 0.15) is 0 Å². The molecule has 3 aromatic rings. The van der Waals surface area contributed by atoms with E-state index in [9.17, 15) is 9.59 Å². The number of esters is 1. The van der Waals surface area contributed by atoms with Crippen molar-refractivity contribution < 1.29 is 14.3 Å². The SMILES string of the molecule is Cc1ccc(Cn2nc(C)c(C=CC(=O)OCC(=O)Nc3ccccc3C(C)C)c2C)cc1. The van der Waals surface area contributed by atoms with Crippen LogP contribution in [0.5, 0.6) is 0 Å². The Balaban J connectivity index is 1.58. The summed E-state index contributed by atoms with van der Waals surface area (Å²) >= 11 is 0. The van der Waals surface area contributed by atoms with Crippen molar-refractivity contribution in [2.45, 2.75) is 47.1 Å². The highest BCUT2D eigenvalue weighted by Gasteiger charge is 2.12. The molecule has 172 valence electrons. The van der Waals surface area contributed by atoms with Crippen LogP contribution in [0.3, 0.4) is 0 Å². The van der Waals surface area contributed by atoms with Gasteiger partial charge in [0.05, 0.1) is 12.2 Å². The minimum Gasteiger partial charge on any atom is -0.452 e. The van der Waals surface area contributed by atoms with Gasteiger partial charge < -0.3 is 10.1 Å². The molecule has 1 heterocycles. The second-order valence-electron chi connectivity index (χ2n) is 8.46. The Morgan fingerprint density at radius 3 is 2.45 bits per heavy atom. The van der Waals surface area contributed by atoms with Gasteiger partial charge in [-0.1, -0.05) is 61.9 Å². The van der Waals surface area contributed by atoms with E-state index in [-0.39, 0.29) is 18.4 Å². The number of carbonyl (C=O) groups is 2. The van der Waals surface area contributed by atoms with Gasteiger partial charge in [-0.25, -0.2) is 4.79 Å². The van der Waals surface area contributed by atoms with Gasteiger partial charge in [0, 0.05) is 23.0 Å². The molecule has 0 bridgehead atoms. The van der Waals surface area contributed by atoms with Gasteiger partial charge in [-0.3, -0.25) is 9.48 Å². The molecule has 0 aliphatic heterocycles. The number of nitrogens with one attached hydrogen (secondary N) is 1. The summed E-state index contributed by atoms with van der Waals surface area (Å²) in [5, 5.41) is 7.41. The minimum absolute atomic E-state index is 0.269. The van der Waals surface area contributed by atoms with Crippen molar-refractivity contribution >= 4 is 23.6 Å². The first-order valence-electron chi connectivity index (χ1n) is 11.1. The van der Waals surface area contributed by atoms with Gasteiger partial charge in [-0.05, 0) is 50.0 Å². The molecular formula is C27H31N3O3. The number of hydrogen-bond donors (Lipinski definition) is 1. The topological polar surface area (TPSA) is 73.2 Å². The molecule has 0 unspecified atom stereocenters. The minimum atomic E-state index is -0.577. The van der Waals surface area contributed by atoms with Crippen molar-refractivity contribution in [3.63, 3.8) is 0 Å². The smallest absolute Gasteiger partial charge is 0.331 e. The number of carbonyl (C=O) groups excluding carboxylic acids is 2. The normalized spacial score (nSPS) is 11.2. The van der Waals surface area contributed by atoms with E-state index < -0.39 is 5.97 Å². The predicted octanol–water partition coefficient (Wildman–Crippen LogP) is 5.18. The average Bonchev–Trinajstić information content (AvgIpc) is 3.05. The summed E-state index contributed by atoms with van der Waals surface area (Å²) in [6.45, 7) is 10.4. The fourth-order valence-corrected chi connectivity index (χ4v) is 3.61. The molecule has 0 saturated carbocycles. The van der Waals surface area contributed by atoms with E-state index in [1.54, 1.807) is 6.08 Å². The van der Waals surface area contributed by atoms with E-state index in [4.69, 9.17) is 4.74 Å². The average molecular weight is 446 g/mol. The molecule has 0 atom stereocenters. The van der Waals surface area contributed by atoms with E-state index in [2.05, 4.69) is 55.5 Å². The standard InChI is InChI=1S/C27H31N3O3/c1-18(2)23-8-6-7-9-25(23)28-26(31)17-33-27(32)15-14-24-20(4)29-30(21(24)5)16-22-12-10-19(3)11-13-22/h6-15,18H,16-17H2,1-5H3,(H,28,31). The molecule has 33 heavy (non-hydrogen) atoms. The van der Waals surface area contributed by atoms with Crippen LogP contribution in [0.25, 0.3) is 6.08 Å². The van der Waals surface area contributed by atoms with Crippen molar-refractivity contribution in [2.24, 2.45) is 0 Å². The Labute approximate surface area is 195 Å². The molecule has 3 rings (SSSR count). The summed E-state index contributed by atoms with van der Waals surface area (Å²) in [6, 6.07) is 15.9. The van der Waals surface area contributed by atoms with E-state index in [0.717, 1.165) is 33.8 Å². The molecule has 2 aromatic carbocycles. The van der Waals surface area contributed by atoms with Crippen LogP contribution >= 0.6 is 0 Å².